The van der Waals surface area contributed by atoms with Crippen LogP contribution >= 0.6 is 0 Å². The summed E-state index contributed by atoms with van der Waals surface area (Å²) >= 11 is 0. The van der Waals surface area contributed by atoms with Gasteiger partial charge in [-0.25, -0.2) is 0 Å². The highest BCUT2D eigenvalue weighted by atomic mass is 16.5. The first-order chi connectivity index (χ1) is 5.20. The molecule has 0 heterocycles. The van der Waals surface area contributed by atoms with Gasteiger partial charge in [0.05, 0.1) is 15.0 Å². The van der Waals surface area contributed by atoms with Crippen molar-refractivity contribution in [3.8, 4) is 0 Å². The van der Waals surface area contributed by atoms with Crippen molar-refractivity contribution < 1.29 is 9.53 Å². The van der Waals surface area contributed by atoms with E-state index >= 15 is 0 Å². The van der Waals surface area contributed by atoms with Crippen LogP contribution in [0.3, 0.4) is 0 Å². The molecule has 2 radical (unpaired) electrons. The number of rotatable bonds is 5. The third-order valence-electron chi connectivity index (χ3n) is 1.43. The normalized spacial score (nSPS) is 9.18. The molecule has 0 aliphatic rings. The molecule has 0 unspecified atom stereocenters. The molecule has 11 heavy (non-hydrogen) atoms. The molecular formula is C8H13BO2. The van der Waals surface area contributed by atoms with Gasteiger partial charge in [-0.1, -0.05) is 11.9 Å². The van der Waals surface area contributed by atoms with Crippen molar-refractivity contribution in [1.82, 2.24) is 0 Å². The zero-order chi connectivity index (χ0) is 8.69. The van der Waals surface area contributed by atoms with Gasteiger partial charge < -0.3 is 4.74 Å². The monoisotopic (exact) mass is 152 g/mol. The highest BCUT2D eigenvalue weighted by Crippen LogP contribution is 2.07. The molecule has 0 atom stereocenters. The van der Waals surface area contributed by atoms with E-state index in [1.54, 1.807) is 0 Å². The summed E-state index contributed by atoms with van der Waals surface area (Å²) in [6.45, 7) is 3.72. The lowest BCUT2D eigenvalue weighted by Gasteiger charge is -2.00. The van der Waals surface area contributed by atoms with E-state index in [2.05, 4.69) is 11.3 Å². The van der Waals surface area contributed by atoms with E-state index < -0.39 is 0 Å². The first-order valence-electron chi connectivity index (χ1n) is 3.64. The SMILES string of the molecule is [B]CC(=C)CCCC(=O)OC. The van der Waals surface area contributed by atoms with E-state index in [0.29, 0.717) is 12.7 Å². The Morgan fingerprint density at radius 3 is 2.64 bits per heavy atom. The van der Waals surface area contributed by atoms with Crippen LogP contribution in [-0.4, -0.2) is 20.9 Å². The average Bonchev–Trinajstić information content (AvgIpc) is 2.04. The van der Waals surface area contributed by atoms with E-state index in [9.17, 15) is 4.79 Å². The van der Waals surface area contributed by atoms with E-state index in [0.717, 1.165) is 18.4 Å². The molecular weight excluding hydrogens is 139 g/mol. The van der Waals surface area contributed by atoms with Crippen molar-refractivity contribution in [3.63, 3.8) is 0 Å². The Kier molecular flexibility index (Phi) is 5.62. The lowest BCUT2D eigenvalue weighted by atomic mass is 9.94. The van der Waals surface area contributed by atoms with Gasteiger partial charge in [-0.2, -0.15) is 0 Å². The third-order valence-corrected chi connectivity index (χ3v) is 1.43. The molecule has 0 aromatic rings. The molecule has 0 saturated carbocycles. The van der Waals surface area contributed by atoms with E-state index in [1.165, 1.54) is 7.11 Å². The Hall–Kier alpha value is -0.725. The van der Waals surface area contributed by atoms with Crippen LogP contribution < -0.4 is 0 Å². The first kappa shape index (κ1) is 10.3. The van der Waals surface area contributed by atoms with Gasteiger partial charge in [0.15, 0.2) is 0 Å². The van der Waals surface area contributed by atoms with Crippen LogP contribution in [0.4, 0.5) is 0 Å². The number of ether oxygens (including phenoxy) is 1. The molecule has 0 amide bonds. The van der Waals surface area contributed by atoms with Gasteiger partial charge >= 0.3 is 5.97 Å². The van der Waals surface area contributed by atoms with Crippen molar-refractivity contribution in [2.45, 2.75) is 25.6 Å². The van der Waals surface area contributed by atoms with Gasteiger partial charge in [0.1, 0.15) is 0 Å². The summed E-state index contributed by atoms with van der Waals surface area (Å²) in [4.78, 5) is 10.6. The van der Waals surface area contributed by atoms with Crippen LogP contribution in [0.2, 0.25) is 6.32 Å². The average molecular weight is 152 g/mol. The Labute approximate surface area is 69.0 Å². The Morgan fingerprint density at radius 2 is 2.18 bits per heavy atom. The molecule has 0 saturated heterocycles. The highest BCUT2D eigenvalue weighted by Gasteiger charge is 1.99. The van der Waals surface area contributed by atoms with Crippen LogP contribution in [-0.2, 0) is 9.53 Å². The lowest BCUT2D eigenvalue weighted by molar-refractivity contribution is -0.140. The van der Waals surface area contributed by atoms with Gasteiger partial charge in [0, 0.05) is 6.42 Å². The minimum Gasteiger partial charge on any atom is -0.469 e. The molecule has 0 spiro atoms. The molecule has 0 N–H and O–H groups in total. The van der Waals surface area contributed by atoms with Crippen LogP contribution in [0.15, 0.2) is 12.2 Å². The smallest absolute Gasteiger partial charge is 0.305 e. The number of methoxy groups -OCH3 is 1. The standard InChI is InChI=1S/C8H13BO2/c1-7(6-9)4-3-5-8(10)11-2/h1,3-6H2,2H3. The zero-order valence-corrected chi connectivity index (χ0v) is 6.93. The van der Waals surface area contributed by atoms with Crippen molar-refractivity contribution in [3.05, 3.63) is 12.2 Å². The summed E-state index contributed by atoms with van der Waals surface area (Å²) in [5.74, 6) is -0.171. The molecule has 0 aromatic carbocycles. The molecule has 2 nitrogen and oxygen atoms in total. The minimum atomic E-state index is -0.171. The number of hydrogen-bond donors (Lipinski definition) is 0. The van der Waals surface area contributed by atoms with Crippen LogP contribution in [0.25, 0.3) is 0 Å². The fraction of sp³-hybridized carbons (Fsp3) is 0.625. The maximum absolute atomic E-state index is 10.6. The van der Waals surface area contributed by atoms with Gasteiger partial charge in [-0.15, -0.1) is 6.58 Å². The predicted molar refractivity (Wildman–Crippen MR) is 45.6 cm³/mol. The van der Waals surface area contributed by atoms with Gasteiger partial charge in [-0.3, -0.25) is 4.79 Å². The topological polar surface area (TPSA) is 26.3 Å². The summed E-state index contributed by atoms with van der Waals surface area (Å²) in [5, 5.41) is 0. The number of carbonyl (C=O) groups excluding carboxylic acids is 1. The van der Waals surface area contributed by atoms with Gasteiger partial charge in [-0.05, 0) is 12.8 Å². The summed E-state index contributed by atoms with van der Waals surface area (Å²) in [6.07, 6.45) is 2.55. The van der Waals surface area contributed by atoms with E-state index in [1.807, 2.05) is 0 Å². The van der Waals surface area contributed by atoms with E-state index in [-0.39, 0.29) is 5.97 Å². The lowest BCUT2D eigenvalue weighted by Crippen LogP contribution is -1.99. The predicted octanol–water partition coefficient (Wildman–Crippen LogP) is 1.47. The fourth-order valence-corrected chi connectivity index (χ4v) is 0.687. The zero-order valence-electron chi connectivity index (χ0n) is 6.93. The summed E-state index contributed by atoms with van der Waals surface area (Å²) in [6, 6.07) is 0. The van der Waals surface area contributed by atoms with Crippen molar-refractivity contribution in [1.29, 1.82) is 0 Å². The van der Waals surface area contributed by atoms with Crippen LogP contribution in [0.5, 0.6) is 0 Å². The molecule has 60 valence electrons. The van der Waals surface area contributed by atoms with Crippen molar-refractivity contribution >= 4 is 13.8 Å². The van der Waals surface area contributed by atoms with Gasteiger partial charge in [0.25, 0.3) is 0 Å². The quantitative estimate of drug-likeness (QED) is 0.338. The molecule has 0 aliphatic heterocycles. The number of allylic oxidation sites excluding steroid dienone is 1. The second-order valence-corrected chi connectivity index (χ2v) is 2.38. The summed E-state index contributed by atoms with van der Waals surface area (Å²) in [5.41, 5.74) is 0.980. The number of esters is 1. The second kappa shape index (κ2) is 6.02. The minimum absolute atomic E-state index is 0.171. The van der Waals surface area contributed by atoms with Crippen LogP contribution in [0.1, 0.15) is 19.3 Å². The van der Waals surface area contributed by atoms with E-state index in [4.69, 9.17) is 7.85 Å². The molecule has 0 aromatic heterocycles. The Morgan fingerprint density at radius 1 is 1.55 bits per heavy atom. The van der Waals surface area contributed by atoms with Crippen molar-refractivity contribution in [2.24, 2.45) is 0 Å². The number of carbonyl (C=O) groups is 1. The Balaban J connectivity index is 3.27. The molecule has 3 heteroatoms. The van der Waals surface area contributed by atoms with Crippen molar-refractivity contribution in [2.75, 3.05) is 7.11 Å². The molecule has 0 aliphatic carbocycles. The number of hydrogen-bond acceptors (Lipinski definition) is 2. The molecule has 0 rings (SSSR count). The maximum Gasteiger partial charge on any atom is 0.305 e. The fourth-order valence-electron chi connectivity index (χ4n) is 0.687. The summed E-state index contributed by atoms with van der Waals surface area (Å²) in [7, 11) is 6.69. The Bertz CT molecular complexity index is 127. The largest absolute Gasteiger partial charge is 0.469 e. The second-order valence-electron chi connectivity index (χ2n) is 2.38. The highest BCUT2D eigenvalue weighted by molar-refractivity contribution is 6.10. The third kappa shape index (κ3) is 5.71. The summed E-state index contributed by atoms with van der Waals surface area (Å²) < 4.78 is 4.47. The van der Waals surface area contributed by atoms with Gasteiger partial charge in [0.2, 0.25) is 0 Å². The molecule has 0 bridgehead atoms. The maximum atomic E-state index is 10.6. The van der Waals surface area contributed by atoms with Crippen LogP contribution in [0, 0.1) is 0 Å². The molecule has 0 fully saturated rings. The first-order valence-corrected chi connectivity index (χ1v) is 3.64.